The Morgan fingerprint density at radius 3 is 2.71 bits per heavy atom. The molecule has 2 nitrogen and oxygen atoms in total. The van der Waals surface area contributed by atoms with Crippen molar-refractivity contribution in [2.75, 3.05) is 7.05 Å². The van der Waals surface area contributed by atoms with Gasteiger partial charge >= 0.3 is 0 Å². The van der Waals surface area contributed by atoms with E-state index in [0.29, 0.717) is 6.04 Å². The van der Waals surface area contributed by atoms with Crippen LogP contribution in [0.5, 0.6) is 0 Å². The zero-order valence-electron chi connectivity index (χ0n) is 9.58. The fraction of sp³-hybridized carbons (Fsp3) is 0.500. The van der Waals surface area contributed by atoms with Crippen LogP contribution in [0.3, 0.4) is 0 Å². The summed E-state index contributed by atoms with van der Waals surface area (Å²) in [6.45, 7) is 0. The SMILES string of the molecule is CNC1CCC(S(=O)c2ccc(F)cc2F)C1. The van der Waals surface area contributed by atoms with Crippen LogP contribution in [-0.2, 0) is 10.8 Å². The fourth-order valence-corrected chi connectivity index (χ4v) is 3.78. The van der Waals surface area contributed by atoms with Crippen LogP contribution in [0.25, 0.3) is 0 Å². The number of hydrogen-bond acceptors (Lipinski definition) is 2. The van der Waals surface area contributed by atoms with Gasteiger partial charge in [-0.3, -0.25) is 4.21 Å². The Labute approximate surface area is 102 Å². The maximum absolute atomic E-state index is 13.5. The van der Waals surface area contributed by atoms with Gasteiger partial charge in [-0.05, 0) is 38.4 Å². The molecule has 1 fully saturated rings. The normalized spacial score (nSPS) is 26.1. The summed E-state index contributed by atoms with van der Waals surface area (Å²) in [6.07, 6.45) is 2.55. The first-order valence-electron chi connectivity index (χ1n) is 5.64. The van der Waals surface area contributed by atoms with Crippen molar-refractivity contribution < 1.29 is 13.0 Å². The molecule has 94 valence electrons. The maximum atomic E-state index is 13.5. The number of nitrogens with one attached hydrogen (secondary N) is 1. The minimum absolute atomic E-state index is 0.0348. The summed E-state index contributed by atoms with van der Waals surface area (Å²) in [5.74, 6) is -1.35. The second-order valence-corrected chi connectivity index (χ2v) is 5.99. The van der Waals surface area contributed by atoms with E-state index in [-0.39, 0.29) is 10.1 Å². The molecule has 0 saturated heterocycles. The van der Waals surface area contributed by atoms with Gasteiger partial charge in [-0.1, -0.05) is 0 Å². The van der Waals surface area contributed by atoms with Gasteiger partial charge in [0.2, 0.25) is 0 Å². The van der Waals surface area contributed by atoms with E-state index < -0.39 is 22.4 Å². The highest BCUT2D eigenvalue weighted by molar-refractivity contribution is 7.85. The Bertz CT molecular complexity index is 439. The lowest BCUT2D eigenvalue weighted by Crippen LogP contribution is -2.23. The summed E-state index contributed by atoms with van der Waals surface area (Å²) in [4.78, 5) is 0.119. The van der Waals surface area contributed by atoms with Crippen LogP contribution in [0.15, 0.2) is 23.1 Å². The molecule has 17 heavy (non-hydrogen) atoms. The Hall–Kier alpha value is -0.810. The minimum atomic E-state index is -1.38. The molecule has 1 aromatic rings. The van der Waals surface area contributed by atoms with E-state index in [9.17, 15) is 13.0 Å². The molecule has 0 aromatic heterocycles. The first-order valence-corrected chi connectivity index (χ1v) is 6.86. The molecule has 0 amide bonds. The van der Waals surface area contributed by atoms with Crippen LogP contribution in [0.1, 0.15) is 19.3 Å². The minimum Gasteiger partial charge on any atom is -0.317 e. The quantitative estimate of drug-likeness (QED) is 0.901. The lowest BCUT2D eigenvalue weighted by atomic mass is 10.3. The molecule has 3 atom stereocenters. The molecule has 2 rings (SSSR count). The standard InChI is InChI=1S/C12H15F2NOS/c1-15-9-3-4-10(7-9)17(16)12-5-2-8(13)6-11(12)14/h2,5-6,9-10,15H,3-4,7H2,1H3. The van der Waals surface area contributed by atoms with Crippen LogP contribution in [-0.4, -0.2) is 22.5 Å². The van der Waals surface area contributed by atoms with Gasteiger partial charge in [0.05, 0.1) is 15.7 Å². The summed E-state index contributed by atoms with van der Waals surface area (Å²) in [5.41, 5.74) is 0. The molecule has 1 aliphatic carbocycles. The van der Waals surface area contributed by atoms with Crippen LogP contribution < -0.4 is 5.32 Å². The van der Waals surface area contributed by atoms with Gasteiger partial charge in [0.1, 0.15) is 11.6 Å². The van der Waals surface area contributed by atoms with Gasteiger partial charge in [0.25, 0.3) is 0 Å². The number of hydrogen-bond donors (Lipinski definition) is 1. The van der Waals surface area contributed by atoms with Crippen molar-refractivity contribution in [3.8, 4) is 0 Å². The number of rotatable bonds is 3. The first kappa shape index (κ1) is 12.6. The third-order valence-corrected chi connectivity index (χ3v) is 5.00. The molecule has 0 bridgehead atoms. The van der Waals surface area contributed by atoms with E-state index in [1.54, 1.807) is 0 Å². The van der Waals surface area contributed by atoms with E-state index in [1.165, 1.54) is 6.07 Å². The molecule has 1 saturated carbocycles. The highest BCUT2D eigenvalue weighted by atomic mass is 32.2. The van der Waals surface area contributed by atoms with Crippen LogP contribution >= 0.6 is 0 Å². The van der Waals surface area contributed by atoms with Gasteiger partial charge in [0, 0.05) is 17.4 Å². The van der Waals surface area contributed by atoms with Crippen molar-refractivity contribution in [3.63, 3.8) is 0 Å². The van der Waals surface area contributed by atoms with E-state index in [1.807, 2.05) is 7.05 Å². The van der Waals surface area contributed by atoms with Crippen LogP contribution in [0.2, 0.25) is 0 Å². The summed E-state index contributed by atoms with van der Waals surface area (Å²) in [7, 11) is 0.487. The Morgan fingerprint density at radius 1 is 1.35 bits per heavy atom. The van der Waals surface area contributed by atoms with Crippen molar-refractivity contribution in [3.05, 3.63) is 29.8 Å². The van der Waals surface area contributed by atoms with E-state index >= 15 is 0 Å². The molecule has 0 spiro atoms. The maximum Gasteiger partial charge on any atom is 0.142 e. The second-order valence-electron chi connectivity index (χ2n) is 4.29. The van der Waals surface area contributed by atoms with Crippen molar-refractivity contribution >= 4 is 10.8 Å². The number of benzene rings is 1. The molecule has 5 heteroatoms. The predicted octanol–water partition coefficient (Wildman–Crippen LogP) is 2.21. The van der Waals surface area contributed by atoms with Gasteiger partial charge < -0.3 is 5.32 Å². The largest absolute Gasteiger partial charge is 0.317 e. The molecule has 3 unspecified atom stereocenters. The van der Waals surface area contributed by atoms with E-state index in [0.717, 1.165) is 31.4 Å². The molecule has 0 aliphatic heterocycles. The van der Waals surface area contributed by atoms with Gasteiger partial charge in [-0.15, -0.1) is 0 Å². The fourth-order valence-electron chi connectivity index (χ4n) is 2.21. The molecule has 1 aromatic carbocycles. The lowest BCUT2D eigenvalue weighted by Gasteiger charge is -2.11. The molecule has 0 radical (unpaired) electrons. The summed E-state index contributed by atoms with van der Waals surface area (Å²) < 4.78 is 38.4. The summed E-state index contributed by atoms with van der Waals surface area (Å²) in [6, 6.07) is 3.58. The van der Waals surface area contributed by atoms with Crippen molar-refractivity contribution in [2.24, 2.45) is 0 Å². The average Bonchev–Trinajstić information content (AvgIpc) is 2.76. The Kier molecular flexibility index (Phi) is 3.89. The van der Waals surface area contributed by atoms with Gasteiger partial charge in [-0.25, -0.2) is 8.78 Å². The zero-order chi connectivity index (χ0) is 12.4. The predicted molar refractivity (Wildman–Crippen MR) is 63.3 cm³/mol. The highest BCUT2D eigenvalue weighted by Gasteiger charge is 2.29. The van der Waals surface area contributed by atoms with Crippen molar-refractivity contribution in [1.82, 2.24) is 5.32 Å². The Balaban J connectivity index is 2.15. The monoisotopic (exact) mass is 259 g/mol. The van der Waals surface area contributed by atoms with Crippen LogP contribution in [0.4, 0.5) is 8.78 Å². The molecule has 1 aliphatic rings. The highest BCUT2D eigenvalue weighted by Crippen LogP contribution is 2.28. The summed E-state index contributed by atoms with van der Waals surface area (Å²) in [5, 5.41) is 3.10. The van der Waals surface area contributed by atoms with E-state index in [4.69, 9.17) is 0 Å². The molecule has 1 N–H and O–H groups in total. The van der Waals surface area contributed by atoms with Crippen LogP contribution in [0, 0.1) is 11.6 Å². The lowest BCUT2D eigenvalue weighted by molar-refractivity contribution is 0.559. The van der Waals surface area contributed by atoms with Gasteiger partial charge in [-0.2, -0.15) is 0 Å². The summed E-state index contributed by atoms with van der Waals surface area (Å²) >= 11 is 0. The van der Waals surface area contributed by atoms with Crippen molar-refractivity contribution in [2.45, 2.75) is 35.4 Å². The third-order valence-electron chi connectivity index (χ3n) is 3.21. The van der Waals surface area contributed by atoms with Crippen molar-refractivity contribution in [1.29, 1.82) is 0 Å². The third kappa shape index (κ3) is 2.72. The van der Waals surface area contributed by atoms with Gasteiger partial charge in [0.15, 0.2) is 0 Å². The topological polar surface area (TPSA) is 29.1 Å². The van der Waals surface area contributed by atoms with E-state index in [2.05, 4.69) is 5.32 Å². The molecular formula is C12H15F2NOS. The average molecular weight is 259 g/mol. The molecule has 0 heterocycles. The second kappa shape index (κ2) is 5.23. The smallest absolute Gasteiger partial charge is 0.142 e. The number of halogens is 2. The zero-order valence-corrected chi connectivity index (χ0v) is 10.4. The Morgan fingerprint density at radius 2 is 2.12 bits per heavy atom. The first-order chi connectivity index (χ1) is 8.11. The molecular weight excluding hydrogens is 244 g/mol.